The maximum absolute atomic E-state index is 13.6. The molecule has 10 heteroatoms. The summed E-state index contributed by atoms with van der Waals surface area (Å²) in [5.41, 5.74) is 4.82. The molecular weight excluding hydrogens is 528 g/mol. The normalized spacial score (nSPS) is 12.2. The molecule has 0 fully saturated rings. The van der Waals surface area contributed by atoms with Crippen LogP contribution in [0.4, 0.5) is 5.95 Å². The third-order valence-corrected chi connectivity index (χ3v) is 7.93. The van der Waals surface area contributed by atoms with Crippen LogP contribution in [0.1, 0.15) is 23.6 Å². The monoisotopic (exact) mass is 556 g/mol. The van der Waals surface area contributed by atoms with Crippen LogP contribution in [0.2, 0.25) is 0 Å². The molecule has 40 heavy (non-hydrogen) atoms. The van der Waals surface area contributed by atoms with Crippen molar-refractivity contribution < 1.29 is 23.1 Å². The van der Waals surface area contributed by atoms with E-state index in [0.717, 1.165) is 22.2 Å². The maximum Gasteiger partial charge on any atom is 0.305 e. The van der Waals surface area contributed by atoms with E-state index in [9.17, 15) is 18.3 Å². The number of para-hydroxylation sites is 2. The first-order valence-electron chi connectivity index (χ1n) is 12.6. The van der Waals surface area contributed by atoms with E-state index in [2.05, 4.69) is 20.0 Å². The van der Waals surface area contributed by atoms with E-state index in [0.29, 0.717) is 23.6 Å². The minimum Gasteiger partial charge on any atom is -0.495 e. The van der Waals surface area contributed by atoms with E-state index in [-0.39, 0.29) is 10.6 Å². The Bertz CT molecular complexity index is 1720. The van der Waals surface area contributed by atoms with E-state index >= 15 is 0 Å². The smallest absolute Gasteiger partial charge is 0.305 e. The number of nitrogens with zero attached hydrogens (tertiary/aromatic N) is 1. The Morgan fingerprint density at radius 1 is 0.950 bits per heavy atom. The number of rotatable bonds is 11. The number of anilines is 1. The number of benzene rings is 4. The van der Waals surface area contributed by atoms with E-state index in [1.165, 1.54) is 13.2 Å². The summed E-state index contributed by atoms with van der Waals surface area (Å²) in [4.78, 5) is 19.2. The van der Waals surface area contributed by atoms with Crippen LogP contribution in [0.3, 0.4) is 0 Å². The Kier molecular flexibility index (Phi) is 7.81. The summed E-state index contributed by atoms with van der Waals surface area (Å²) in [5.74, 6) is -0.309. The zero-order chi connectivity index (χ0) is 28.1. The Hall–Kier alpha value is -4.67. The van der Waals surface area contributed by atoms with Crippen LogP contribution in [-0.4, -0.2) is 36.6 Å². The van der Waals surface area contributed by atoms with Gasteiger partial charge in [-0.05, 0) is 52.6 Å². The molecule has 0 amide bonds. The molecule has 0 unspecified atom stereocenters. The first-order chi connectivity index (χ1) is 19.3. The van der Waals surface area contributed by atoms with Crippen LogP contribution in [0.15, 0.2) is 102 Å². The summed E-state index contributed by atoms with van der Waals surface area (Å²) >= 11 is 0. The lowest BCUT2D eigenvalue weighted by molar-refractivity contribution is -0.137. The van der Waals surface area contributed by atoms with Gasteiger partial charge in [-0.2, -0.15) is 0 Å². The third-order valence-electron chi connectivity index (χ3n) is 6.44. The first-order valence-corrected chi connectivity index (χ1v) is 14.1. The molecule has 204 valence electrons. The number of H-pyrrole nitrogens is 1. The number of fused-ring (bicyclic) bond motifs is 1. The molecule has 0 saturated heterocycles. The molecule has 1 aromatic heterocycles. The molecule has 5 rings (SSSR count). The number of aromatic amines is 1. The number of methoxy groups -OCH3 is 1. The number of imidazole rings is 1. The third kappa shape index (κ3) is 6.14. The van der Waals surface area contributed by atoms with Crippen molar-refractivity contribution in [3.05, 3.63) is 108 Å². The van der Waals surface area contributed by atoms with Gasteiger partial charge in [0.1, 0.15) is 10.6 Å². The molecule has 0 radical (unpaired) electrons. The van der Waals surface area contributed by atoms with Gasteiger partial charge in [-0.25, -0.2) is 18.1 Å². The number of sulfonamides is 1. The minimum atomic E-state index is -4.16. The fraction of sp³-hybridized carbons (Fsp3) is 0.133. The van der Waals surface area contributed by atoms with Gasteiger partial charge in [-0.15, -0.1) is 0 Å². The van der Waals surface area contributed by atoms with Gasteiger partial charge in [-0.3, -0.25) is 4.79 Å². The molecule has 0 spiro atoms. The van der Waals surface area contributed by atoms with Gasteiger partial charge in [0.2, 0.25) is 16.0 Å². The molecule has 1 heterocycles. The van der Waals surface area contributed by atoms with Gasteiger partial charge in [0, 0.05) is 6.54 Å². The van der Waals surface area contributed by atoms with Crippen LogP contribution in [-0.2, 0) is 21.4 Å². The molecule has 0 saturated carbocycles. The highest BCUT2D eigenvalue weighted by Crippen LogP contribution is 2.32. The highest BCUT2D eigenvalue weighted by atomic mass is 32.2. The molecule has 0 bridgehead atoms. The Balaban J connectivity index is 1.40. The largest absolute Gasteiger partial charge is 0.495 e. The SMILES string of the molecule is COc1ccc(-c2cccc(CNc3nc4ccccc4[nH]3)c2)cc1S(=O)(=O)N[C@H](CC(=O)O)c1ccccc1. The molecule has 0 aliphatic rings. The number of carboxylic acid groups (broad SMARTS) is 1. The molecule has 4 aromatic carbocycles. The zero-order valence-corrected chi connectivity index (χ0v) is 22.5. The number of ether oxygens (including phenoxy) is 1. The van der Waals surface area contributed by atoms with E-state index in [1.54, 1.807) is 42.5 Å². The zero-order valence-electron chi connectivity index (χ0n) is 21.7. The number of hydrogen-bond donors (Lipinski definition) is 4. The van der Waals surface area contributed by atoms with E-state index in [1.807, 2.05) is 48.5 Å². The van der Waals surface area contributed by atoms with Crippen molar-refractivity contribution in [2.75, 3.05) is 12.4 Å². The lowest BCUT2D eigenvalue weighted by Crippen LogP contribution is -2.30. The maximum atomic E-state index is 13.6. The Labute approximate surface area is 231 Å². The molecular formula is C30H28N4O5S. The topological polar surface area (TPSA) is 133 Å². The fourth-order valence-electron chi connectivity index (χ4n) is 4.49. The Morgan fingerprint density at radius 2 is 1.70 bits per heavy atom. The van der Waals surface area contributed by atoms with E-state index < -0.39 is 28.5 Å². The lowest BCUT2D eigenvalue weighted by Gasteiger charge is -2.19. The predicted molar refractivity (Wildman–Crippen MR) is 154 cm³/mol. The second kappa shape index (κ2) is 11.6. The summed E-state index contributed by atoms with van der Waals surface area (Å²) in [6.45, 7) is 0.504. The second-order valence-electron chi connectivity index (χ2n) is 9.20. The van der Waals surface area contributed by atoms with Crippen molar-refractivity contribution in [1.29, 1.82) is 0 Å². The van der Waals surface area contributed by atoms with Gasteiger partial charge in [0.15, 0.2) is 0 Å². The molecule has 0 aliphatic carbocycles. The van der Waals surface area contributed by atoms with E-state index in [4.69, 9.17) is 4.74 Å². The van der Waals surface area contributed by atoms with Crippen molar-refractivity contribution >= 4 is 33.0 Å². The number of hydrogen-bond acceptors (Lipinski definition) is 6. The average Bonchev–Trinajstić information content (AvgIpc) is 3.39. The summed E-state index contributed by atoms with van der Waals surface area (Å²) in [6, 6.07) is 28.1. The standard InChI is InChI=1S/C30H28N4O5S/c1-39-27-15-14-23(17-28(27)40(37,38)34-26(18-29(35)36)21-9-3-2-4-10-21)22-11-7-8-20(16-22)19-31-30-32-24-12-5-6-13-25(24)33-30/h2-17,26,34H,18-19H2,1H3,(H,35,36)(H2,31,32,33)/t26-/m1/s1. The second-order valence-corrected chi connectivity index (χ2v) is 10.9. The van der Waals surface area contributed by atoms with Crippen LogP contribution in [0.25, 0.3) is 22.2 Å². The van der Waals surface area contributed by atoms with Crippen molar-refractivity contribution in [3.8, 4) is 16.9 Å². The van der Waals surface area contributed by atoms with Crippen LogP contribution in [0.5, 0.6) is 5.75 Å². The number of nitrogens with one attached hydrogen (secondary N) is 3. The first kappa shape index (κ1) is 26.9. The molecule has 9 nitrogen and oxygen atoms in total. The van der Waals surface area contributed by atoms with Gasteiger partial charge in [0.25, 0.3) is 0 Å². The summed E-state index contributed by atoms with van der Waals surface area (Å²) < 4.78 is 35.0. The minimum absolute atomic E-state index is 0.0791. The lowest BCUT2D eigenvalue weighted by atomic mass is 10.0. The van der Waals surface area contributed by atoms with Crippen LogP contribution in [0, 0.1) is 0 Å². The van der Waals surface area contributed by atoms with Crippen LogP contribution < -0.4 is 14.8 Å². The highest BCUT2D eigenvalue weighted by molar-refractivity contribution is 7.89. The van der Waals surface area contributed by atoms with Gasteiger partial charge in [0.05, 0.1) is 30.6 Å². The van der Waals surface area contributed by atoms with Crippen molar-refractivity contribution in [2.45, 2.75) is 23.9 Å². The molecule has 4 N–H and O–H groups in total. The van der Waals surface area contributed by atoms with Gasteiger partial charge < -0.3 is 20.1 Å². The Morgan fingerprint density at radius 3 is 2.45 bits per heavy atom. The number of aromatic nitrogens is 2. The predicted octanol–water partition coefficient (Wildman–Crippen LogP) is 5.34. The highest BCUT2D eigenvalue weighted by Gasteiger charge is 2.26. The summed E-state index contributed by atoms with van der Waals surface area (Å²) in [5, 5.41) is 12.7. The summed E-state index contributed by atoms with van der Waals surface area (Å²) in [7, 11) is -2.77. The van der Waals surface area contributed by atoms with Crippen LogP contribution >= 0.6 is 0 Å². The van der Waals surface area contributed by atoms with Gasteiger partial charge in [-0.1, -0.05) is 66.7 Å². The quantitative estimate of drug-likeness (QED) is 0.172. The number of carboxylic acids is 1. The van der Waals surface area contributed by atoms with Crippen molar-refractivity contribution in [3.63, 3.8) is 0 Å². The number of carbonyl (C=O) groups is 1. The van der Waals surface area contributed by atoms with Gasteiger partial charge >= 0.3 is 5.97 Å². The van der Waals surface area contributed by atoms with Crippen molar-refractivity contribution in [2.24, 2.45) is 0 Å². The summed E-state index contributed by atoms with van der Waals surface area (Å²) in [6.07, 6.45) is -0.411. The molecule has 0 aliphatic heterocycles. The molecule has 5 aromatic rings. The fourth-order valence-corrected chi connectivity index (χ4v) is 5.91. The molecule has 1 atom stereocenters. The average molecular weight is 557 g/mol. The van der Waals surface area contributed by atoms with Crippen molar-refractivity contribution in [1.82, 2.24) is 14.7 Å². The number of aliphatic carboxylic acids is 1.